The van der Waals surface area contributed by atoms with Gasteiger partial charge in [-0.05, 0) is 38.5 Å². The monoisotopic (exact) mass is 1360 g/mol. The molecule has 0 spiro atoms. The number of nitrogens with one attached hydrogen (secondary N) is 2. The standard InChI is InChI=1S/C72H134N2O21/c1-4-6-8-10-12-14-16-18-20-22-23-24-25-26-27-28-30-31-33-35-37-39-41-43-45-54(79)53(74-59(82)46-44-42-40-38-36-34-32-29-21-19-17-15-13-11-9-7-5-2)51-90-69-64(86)63(85)66(58(50-77)92-69)93-70-65(87)68(62(84)57(49-76)91-70)95-72(71(88)89)47-55(80)60(73-52(3)78)67(94-72)61(83)56(81)48-75/h19,21,53-58,60-70,75-77,79-81,83-87H,4-18,20,22-51H2,1-3H3,(H,73,78)(H,74,82)(H,88,89)/b21-19-. The SMILES string of the molecule is CCCCCCCC/C=C\CCCCCCCCCC(=O)NC(COC1OC(CO)C(OC2OC(CO)C(O)C(OC3(C(=O)O)CC(O)C(NC(C)=O)C(C(O)C(O)CO)O3)C2O)C(O)C1O)C(O)CCCCCCCCCCCCCCCCCCCCCCCCCC. The Morgan fingerprint density at radius 1 is 0.537 bits per heavy atom. The molecule has 3 saturated heterocycles. The molecule has 14 N–H and O–H groups in total. The van der Waals surface area contributed by atoms with E-state index in [1.807, 2.05) is 0 Å². The van der Waals surface area contributed by atoms with Gasteiger partial charge >= 0.3 is 5.97 Å². The van der Waals surface area contributed by atoms with Crippen LogP contribution in [0.4, 0.5) is 0 Å². The average Bonchev–Trinajstić information content (AvgIpc) is 0.758. The van der Waals surface area contributed by atoms with Crippen LogP contribution in [0.1, 0.15) is 290 Å². The second-order valence-corrected chi connectivity index (χ2v) is 27.5. The molecular weight excluding hydrogens is 1230 g/mol. The highest BCUT2D eigenvalue weighted by Gasteiger charge is 2.60. The third-order valence-electron chi connectivity index (χ3n) is 19.2. The number of rotatable bonds is 58. The Balaban J connectivity index is 1.55. The number of carbonyl (C=O) groups excluding carboxylic acids is 2. The number of carboxylic acids is 1. The molecule has 23 nitrogen and oxygen atoms in total. The fraction of sp³-hybridized carbons (Fsp3) is 0.931. The van der Waals surface area contributed by atoms with Gasteiger partial charge in [-0.3, -0.25) is 9.59 Å². The Morgan fingerprint density at radius 3 is 1.42 bits per heavy atom. The van der Waals surface area contributed by atoms with E-state index in [4.69, 9.17) is 28.4 Å². The Morgan fingerprint density at radius 2 is 0.979 bits per heavy atom. The van der Waals surface area contributed by atoms with Crippen molar-refractivity contribution in [1.82, 2.24) is 10.6 Å². The lowest BCUT2D eigenvalue weighted by atomic mass is 9.88. The molecule has 0 aromatic rings. The van der Waals surface area contributed by atoms with Crippen molar-refractivity contribution in [3.63, 3.8) is 0 Å². The fourth-order valence-corrected chi connectivity index (χ4v) is 13.2. The van der Waals surface area contributed by atoms with E-state index in [1.165, 1.54) is 161 Å². The van der Waals surface area contributed by atoms with E-state index >= 15 is 0 Å². The van der Waals surface area contributed by atoms with Gasteiger partial charge in [0.2, 0.25) is 11.8 Å². The minimum atomic E-state index is -3.08. The molecule has 2 amide bonds. The van der Waals surface area contributed by atoms with Gasteiger partial charge in [-0.2, -0.15) is 0 Å². The summed E-state index contributed by atoms with van der Waals surface area (Å²) in [5, 5.41) is 136. The second-order valence-electron chi connectivity index (χ2n) is 27.5. The first kappa shape index (κ1) is 86.7. The fourth-order valence-electron chi connectivity index (χ4n) is 13.2. The van der Waals surface area contributed by atoms with Crippen LogP contribution in [0.2, 0.25) is 0 Å². The molecule has 3 rings (SSSR count). The van der Waals surface area contributed by atoms with Crippen LogP contribution >= 0.6 is 0 Å². The molecule has 0 aromatic heterocycles. The molecule has 18 unspecified atom stereocenters. The number of allylic oxidation sites excluding steroid dienone is 2. The quantitative estimate of drug-likeness (QED) is 0.0201. The minimum Gasteiger partial charge on any atom is -0.477 e. The predicted molar refractivity (Wildman–Crippen MR) is 362 cm³/mol. The van der Waals surface area contributed by atoms with Crippen LogP contribution in [0.15, 0.2) is 12.2 Å². The zero-order chi connectivity index (χ0) is 69.6. The van der Waals surface area contributed by atoms with E-state index in [9.17, 15) is 75.7 Å². The Labute approximate surface area is 569 Å². The first-order chi connectivity index (χ1) is 45.9. The highest BCUT2D eigenvalue weighted by atomic mass is 16.8. The topological polar surface area (TPSA) is 373 Å². The maximum atomic E-state index is 13.5. The molecule has 18 atom stereocenters. The molecule has 3 fully saturated rings. The zero-order valence-corrected chi connectivity index (χ0v) is 58.5. The van der Waals surface area contributed by atoms with Gasteiger partial charge in [-0.15, -0.1) is 0 Å². The summed E-state index contributed by atoms with van der Waals surface area (Å²) >= 11 is 0. The number of hydrogen-bond donors (Lipinski definition) is 14. The minimum absolute atomic E-state index is 0.220. The Kier molecular flexibility index (Phi) is 47.9. The van der Waals surface area contributed by atoms with E-state index in [2.05, 4.69) is 36.6 Å². The largest absolute Gasteiger partial charge is 0.477 e. The van der Waals surface area contributed by atoms with Gasteiger partial charge in [0, 0.05) is 19.8 Å². The third kappa shape index (κ3) is 34.1. The van der Waals surface area contributed by atoms with Crippen LogP contribution in [-0.4, -0.2) is 215 Å². The Bertz CT molecular complexity index is 1960. The molecule has 0 aliphatic carbocycles. The van der Waals surface area contributed by atoms with Crippen molar-refractivity contribution < 1.29 is 104 Å². The lowest BCUT2D eigenvalue weighted by Crippen LogP contribution is -2.70. The van der Waals surface area contributed by atoms with E-state index in [-0.39, 0.29) is 18.9 Å². The normalized spacial score (nSPS) is 27.7. The lowest BCUT2D eigenvalue weighted by Gasteiger charge is -2.50. The van der Waals surface area contributed by atoms with Crippen molar-refractivity contribution in [3.8, 4) is 0 Å². The zero-order valence-electron chi connectivity index (χ0n) is 58.5. The summed E-state index contributed by atoms with van der Waals surface area (Å²) in [5.74, 6) is -6.10. The molecule has 3 heterocycles. The summed E-state index contributed by atoms with van der Waals surface area (Å²) in [5.41, 5.74) is 0. The van der Waals surface area contributed by atoms with Crippen molar-refractivity contribution in [2.75, 3.05) is 26.4 Å². The summed E-state index contributed by atoms with van der Waals surface area (Å²) in [7, 11) is 0. The Hall–Kier alpha value is -2.53. The number of amides is 2. The summed E-state index contributed by atoms with van der Waals surface area (Å²) < 4.78 is 34.9. The molecule has 0 saturated carbocycles. The van der Waals surface area contributed by atoms with Crippen LogP contribution in [0.3, 0.4) is 0 Å². The van der Waals surface area contributed by atoms with Gasteiger partial charge in [0.05, 0.1) is 50.7 Å². The van der Waals surface area contributed by atoms with E-state index in [0.717, 1.165) is 84.0 Å². The maximum absolute atomic E-state index is 13.5. The number of aliphatic hydroxyl groups excluding tert-OH is 11. The number of carbonyl (C=O) groups is 3. The van der Waals surface area contributed by atoms with Crippen molar-refractivity contribution in [2.45, 2.75) is 400 Å². The van der Waals surface area contributed by atoms with Crippen molar-refractivity contribution in [3.05, 3.63) is 12.2 Å². The van der Waals surface area contributed by atoms with Crippen molar-refractivity contribution in [1.29, 1.82) is 0 Å². The van der Waals surface area contributed by atoms with Crippen molar-refractivity contribution in [2.24, 2.45) is 0 Å². The number of hydrogen-bond acceptors (Lipinski definition) is 20. The smallest absolute Gasteiger partial charge is 0.364 e. The lowest BCUT2D eigenvalue weighted by molar-refractivity contribution is -0.386. The number of aliphatic carboxylic acids is 1. The van der Waals surface area contributed by atoms with Crippen molar-refractivity contribution >= 4 is 17.8 Å². The molecule has 95 heavy (non-hydrogen) atoms. The molecule has 558 valence electrons. The highest BCUT2D eigenvalue weighted by molar-refractivity contribution is 5.77. The van der Waals surface area contributed by atoms with E-state index in [0.29, 0.717) is 19.3 Å². The molecule has 3 aliphatic heterocycles. The molecule has 0 aromatic carbocycles. The molecule has 0 bridgehead atoms. The molecule has 3 aliphatic rings. The van der Waals surface area contributed by atoms with E-state index in [1.54, 1.807) is 0 Å². The average molecular weight is 1360 g/mol. The summed E-state index contributed by atoms with van der Waals surface area (Å²) in [6.07, 6.45) is 23.5. The molecule has 0 radical (unpaired) electrons. The number of carboxylic acid groups (broad SMARTS) is 1. The highest BCUT2D eigenvalue weighted by Crippen LogP contribution is 2.39. The third-order valence-corrected chi connectivity index (χ3v) is 19.2. The summed E-state index contributed by atoms with van der Waals surface area (Å²) in [6, 6.07) is -2.53. The number of aliphatic hydroxyl groups is 11. The summed E-state index contributed by atoms with van der Waals surface area (Å²) in [6.45, 7) is 2.23. The van der Waals surface area contributed by atoms with Crippen LogP contribution < -0.4 is 10.6 Å². The maximum Gasteiger partial charge on any atom is 0.364 e. The van der Waals surface area contributed by atoms with Gasteiger partial charge in [-0.25, -0.2) is 4.79 Å². The predicted octanol–water partition coefficient (Wildman–Crippen LogP) is 8.24. The van der Waals surface area contributed by atoms with Crippen LogP contribution in [0.5, 0.6) is 0 Å². The van der Waals surface area contributed by atoms with Gasteiger partial charge in [0.1, 0.15) is 67.1 Å². The van der Waals surface area contributed by atoms with Gasteiger partial charge < -0.3 is 100 Å². The van der Waals surface area contributed by atoms with Gasteiger partial charge in [0.15, 0.2) is 12.6 Å². The van der Waals surface area contributed by atoms with Crippen LogP contribution in [0, 0.1) is 0 Å². The number of unbranched alkanes of at least 4 members (excludes halogenated alkanes) is 36. The molecular formula is C72H134N2O21. The van der Waals surface area contributed by atoms with Crippen LogP contribution in [-0.2, 0) is 42.8 Å². The van der Waals surface area contributed by atoms with E-state index < -0.39 is 148 Å². The molecule has 23 heteroatoms. The van der Waals surface area contributed by atoms with Gasteiger partial charge in [0.25, 0.3) is 5.79 Å². The summed E-state index contributed by atoms with van der Waals surface area (Å²) in [4.78, 5) is 38.6. The number of ether oxygens (including phenoxy) is 6. The van der Waals surface area contributed by atoms with Crippen LogP contribution in [0.25, 0.3) is 0 Å². The first-order valence-electron chi connectivity index (χ1n) is 37.5. The first-order valence-corrected chi connectivity index (χ1v) is 37.5. The second kappa shape index (κ2) is 52.5. The van der Waals surface area contributed by atoms with Gasteiger partial charge in [-0.1, -0.05) is 244 Å².